The Morgan fingerprint density at radius 3 is 2.90 bits per heavy atom. The zero-order valence-electron chi connectivity index (χ0n) is 12.5. The van der Waals surface area contributed by atoms with E-state index in [2.05, 4.69) is 17.4 Å². The predicted octanol–water partition coefficient (Wildman–Crippen LogP) is 3.04. The fourth-order valence-electron chi connectivity index (χ4n) is 2.34. The summed E-state index contributed by atoms with van der Waals surface area (Å²) in [7, 11) is 0. The zero-order valence-corrected chi connectivity index (χ0v) is 12.5. The summed E-state index contributed by atoms with van der Waals surface area (Å²) in [5, 5.41) is 15.9. The molecule has 0 saturated carbocycles. The first-order valence-corrected chi connectivity index (χ1v) is 6.86. The molecule has 1 unspecified atom stereocenters. The van der Waals surface area contributed by atoms with Crippen LogP contribution in [0.4, 0.5) is 0 Å². The van der Waals surface area contributed by atoms with Crippen LogP contribution in [0.2, 0.25) is 0 Å². The normalized spacial score (nSPS) is 11.9. The number of aromatic nitrogens is 1. The molecule has 0 aliphatic heterocycles. The Hall–Kier alpha value is -2.32. The van der Waals surface area contributed by atoms with Crippen molar-refractivity contribution in [3.8, 4) is 11.8 Å². The van der Waals surface area contributed by atoms with E-state index in [-0.39, 0.29) is 12.6 Å². The Kier molecular flexibility index (Phi) is 4.96. The molecule has 0 fully saturated rings. The SMILES string of the molecule is Cc1noc(C)c1C(C)NCc1cccc(OCC#N)c1. The average molecular weight is 285 g/mol. The van der Waals surface area contributed by atoms with E-state index in [1.54, 1.807) is 0 Å². The number of ether oxygens (including phenoxy) is 1. The van der Waals surface area contributed by atoms with Gasteiger partial charge in [-0.2, -0.15) is 5.26 Å². The summed E-state index contributed by atoms with van der Waals surface area (Å²) in [5.74, 6) is 1.56. The molecule has 1 aromatic carbocycles. The quantitative estimate of drug-likeness (QED) is 0.883. The number of aryl methyl sites for hydroxylation is 2. The van der Waals surface area contributed by atoms with Gasteiger partial charge in [0.1, 0.15) is 17.6 Å². The number of benzene rings is 1. The Labute approximate surface area is 124 Å². The third-order valence-corrected chi connectivity index (χ3v) is 3.34. The van der Waals surface area contributed by atoms with Crippen LogP contribution in [0.3, 0.4) is 0 Å². The second-order valence-corrected chi connectivity index (χ2v) is 4.93. The fourth-order valence-corrected chi connectivity index (χ4v) is 2.34. The van der Waals surface area contributed by atoms with E-state index >= 15 is 0 Å². The van der Waals surface area contributed by atoms with E-state index in [1.165, 1.54) is 0 Å². The highest BCUT2D eigenvalue weighted by atomic mass is 16.5. The summed E-state index contributed by atoms with van der Waals surface area (Å²) < 4.78 is 10.5. The van der Waals surface area contributed by atoms with Crippen LogP contribution in [0.1, 0.15) is 35.5 Å². The van der Waals surface area contributed by atoms with Crippen LogP contribution in [-0.4, -0.2) is 11.8 Å². The molecule has 0 bridgehead atoms. The molecular weight excluding hydrogens is 266 g/mol. The van der Waals surface area contributed by atoms with Gasteiger partial charge in [0.2, 0.25) is 0 Å². The smallest absolute Gasteiger partial charge is 0.174 e. The lowest BCUT2D eigenvalue weighted by molar-refractivity contribution is 0.367. The van der Waals surface area contributed by atoms with Crippen molar-refractivity contribution < 1.29 is 9.26 Å². The summed E-state index contributed by atoms with van der Waals surface area (Å²) in [6.07, 6.45) is 0. The standard InChI is InChI=1S/C16H19N3O2/c1-11(16-12(2)19-21-13(16)3)18-10-14-5-4-6-15(9-14)20-8-7-17/h4-6,9,11,18H,8,10H2,1-3H3. The largest absolute Gasteiger partial charge is 0.479 e. The van der Waals surface area contributed by atoms with Crippen LogP contribution in [0.5, 0.6) is 5.75 Å². The third-order valence-electron chi connectivity index (χ3n) is 3.34. The monoisotopic (exact) mass is 285 g/mol. The maximum absolute atomic E-state index is 8.53. The summed E-state index contributed by atoms with van der Waals surface area (Å²) in [6, 6.07) is 9.84. The van der Waals surface area contributed by atoms with Gasteiger partial charge in [0.25, 0.3) is 0 Å². The molecule has 2 aromatic rings. The second-order valence-electron chi connectivity index (χ2n) is 4.93. The van der Waals surface area contributed by atoms with Crippen molar-refractivity contribution >= 4 is 0 Å². The van der Waals surface area contributed by atoms with Gasteiger partial charge in [-0.05, 0) is 38.5 Å². The molecular formula is C16H19N3O2. The molecule has 1 N–H and O–H groups in total. The minimum atomic E-state index is 0.0619. The summed E-state index contributed by atoms with van der Waals surface area (Å²) in [5.41, 5.74) is 3.12. The summed E-state index contributed by atoms with van der Waals surface area (Å²) in [4.78, 5) is 0. The Balaban J connectivity index is 1.98. The van der Waals surface area contributed by atoms with Crippen LogP contribution in [0.15, 0.2) is 28.8 Å². The Morgan fingerprint density at radius 2 is 2.24 bits per heavy atom. The minimum absolute atomic E-state index is 0.0619. The zero-order chi connectivity index (χ0) is 15.2. The van der Waals surface area contributed by atoms with Gasteiger partial charge in [-0.15, -0.1) is 0 Å². The molecule has 2 rings (SSSR count). The molecule has 0 saturated heterocycles. The van der Waals surface area contributed by atoms with Crippen LogP contribution in [0, 0.1) is 25.2 Å². The molecule has 5 heteroatoms. The van der Waals surface area contributed by atoms with Gasteiger partial charge in [0, 0.05) is 18.2 Å². The van der Waals surface area contributed by atoms with Crippen LogP contribution < -0.4 is 10.1 Å². The van der Waals surface area contributed by atoms with E-state index < -0.39 is 0 Å². The molecule has 21 heavy (non-hydrogen) atoms. The molecule has 1 aromatic heterocycles. The summed E-state index contributed by atoms with van der Waals surface area (Å²) >= 11 is 0. The molecule has 1 heterocycles. The first-order chi connectivity index (χ1) is 10.1. The van der Waals surface area contributed by atoms with E-state index in [9.17, 15) is 0 Å². The molecule has 5 nitrogen and oxygen atoms in total. The van der Waals surface area contributed by atoms with Gasteiger partial charge < -0.3 is 14.6 Å². The van der Waals surface area contributed by atoms with Crippen molar-refractivity contribution in [2.75, 3.05) is 6.61 Å². The van der Waals surface area contributed by atoms with Crippen molar-refractivity contribution in [1.29, 1.82) is 5.26 Å². The third kappa shape index (κ3) is 3.83. The number of rotatable bonds is 6. The lowest BCUT2D eigenvalue weighted by Gasteiger charge is -2.14. The summed E-state index contributed by atoms with van der Waals surface area (Å²) in [6.45, 7) is 6.72. The van der Waals surface area contributed by atoms with Crippen LogP contribution in [0.25, 0.3) is 0 Å². The van der Waals surface area contributed by atoms with Crippen molar-refractivity contribution in [3.63, 3.8) is 0 Å². The first kappa shape index (κ1) is 15.1. The van der Waals surface area contributed by atoms with E-state index in [0.29, 0.717) is 12.3 Å². The average Bonchev–Trinajstić information content (AvgIpc) is 2.82. The van der Waals surface area contributed by atoms with Gasteiger partial charge in [0.15, 0.2) is 6.61 Å². The Morgan fingerprint density at radius 1 is 1.43 bits per heavy atom. The topological polar surface area (TPSA) is 71.1 Å². The lowest BCUT2D eigenvalue weighted by Crippen LogP contribution is -2.19. The van der Waals surface area contributed by atoms with E-state index in [1.807, 2.05) is 44.2 Å². The predicted molar refractivity (Wildman–Crippen MR) is 78.8 cm³/mol. The van der Waals surface area contributed by atoms with Crippen molar-refractivity contribution in [1.82, 2.24) is 10.5 Å². The lowest BCUT2D eigenvalue weighted by atomic mass is 10.1. The fraction of sp³-hybridized carbons (Fsp3) is 0.375. The highest BCUT2D eigenvalue weighted by molar-refractivity contribution is 5.29. The van der Waals surface area contributed by atoms with Gasteiger partial charge in [0.05, 0.1) is 5.69 Å². The van der Waals surface area contributed by atoms with Crippen molar-refractivity contribution in [2.24, 2.45) is 0 Å². The van der Waals surface area contributed by atoms with Gasteiger partial charge in [-0.3, -0.25) is 0 Å². The van der Waals surface area contributed by atoms with Gasteiger partial charge >= 0.3 is 0 Å². The maximum Gasteiger partial charge on any atom is 0.174 e. The van der Waals surface area contributed by atoms with E-state index in [4.69, 9.17) is 14.5 Å². The second kappa shape index (κ2) is 6.91. The molecule has 1 atom stereocenters. The van der Waals surface area contributed by atoms with Gasteiger partial charge in [-0.25, -0.2) is 0 Å². The van der Waals surface area contributed by atoms with Crippen molar-refractivity contribution in [2.45, 2.75) is 33.4 Å². The molecule has 110 valence electrons. The van der Waals surface area contributed by atoms with Crippen LogP contribution in [-0.2, 0) is 6.54 Å². The number of hydrogen-bond acceptors (Lipinski definition) is 5. The van der Waals surface area contributed by atoms with Crippen molar-refractivity contribution in [3.05, 3.63) is 46.8 Å². The molecule has 0 radical (unpaired) electrons. The molecule has 0 spiro atoms. The minimum Gasteiger partial charge on any atom is -0.479 e. The maximum atomic E-state index is 8.53. The first-order valence-electron chi connectivity index (χ1n) is 6.86. The molecule has 0 amide bonds. The number of hydrogen-bond donors (Lipinski definition) is 1. The molecule has 0 aliphatic carbocycles. The molecule has 0 aliphatic rings. The highest BCUT2D eigenvalue weighted by Crippen LogP contribution is 2.21. The van der Waals surface area contributed by atoms with E-state index in [0.717, 1.165) is 22.6 Å². The number of nitrogens with one attached hydrogen (secondary N) is 1. The Bertz CT molecular complexity index is 624. The number of nitriles is 1. The van der Waals surface area contributed by atoms with Crippen LogP contribution >= 0.6 is 0 Å². The number of nitrogens with zero attached hydrogens (tertiary/aromatic N) is 2. The highest BCUT2D eigenvalue weighted by Gasteiger charge is 2.15. The van der Waals surface area contributed by atoms with Gasteiger partial charge in [-0.1, -0.05) is 17.3 Å².